The molecule has 0 spiro atoms. The predicted octanol–water partition coefficient (Wildman–Crippen LogP) is 4.73. The number of nitrogens with one attached hydrogen (secondary N) is 1. The second kappa shape index (κ2) is 7.35. The fourth-order valence-corrected chi connectivity index (χ4v) is 5.54. The molecule has 148 valence electrons. The monoisotopic (exact) mass is 399 g/mol. The molecule has 0 radical (unpaired) electrons. The fourth-order valence-electron chi connectivity index (χ4n) is 4.45. The third-order valence-electron chi connectivity index (χ3n) is 5.81. The van der Waals surface area contributed by atoms with Gasteiger partial charge in [-0.2, -0.15) is 0 Å². The van der Waals surface area contributed by atoms with E-state index in [-0.39, 0.29) is 10.8 Å². The summed E-state index contributed by atoms with van der Waals surface area (Å²) in [6, 6.07) is 6.33. The van der Waals surface area contributed by atoms with Crippen LogP contribution in [0.15, 0.2) is 28.0 Å². The van der Waals surface area contributed by atoms with E-state index in [9.17, 15) is 4.79 Å². The lowest BCUT2D eigenvalue weighted by Crippen LogP contribution is -2.17. The highest BCUT2D eigenvalue weighted by Gasteiger charge is 2.32. The summed E-state index contributed by atoms with van der Waals surface area (Å²) in [6.07, 6.45) is 7.19. The lowest BCUT2D eigenvalue weighted by molar-refractivity contribution is 0.171. The third-order valence-corrected chi connectivity index (χ3v) is 6.98. The Morgan fingerprint density at radius 1 is 1.11 bits per heavy atom. The van der Waals surface area contributed by atoms with Gasteiger partial charge in [0.2, 0.25) is 0 Å². The van der Waals surface area contributed by atoms with Crippen molar-refractivity contribution in [3.63, 3.8) is 0 Å². The van der Waals surface area contributed by atoms with Gasteiger partial charge in [-0.1, -0.05) is 43.5 Å². The van der Waals surface area contributed by atoms with E-state index in [2.05, 4.69) is 9.78 Å². The molecule has 3 heterocycles. The van der Waals surface area contributed by atoms with Gasteiger partial charge in [-0.3, -0.25) is 14.6 Å². The summed E-state index contributed by atoms with van der Waals surface area (Å²) < 4.78 is 13.5. The minimum absolute atomic E-state index is 0.0251. The van der Waals surface area contributed by atoms with Gasteiger partial charge in [-0.15, -0.1) is 0 Å². The van der Waals surface area contributed by atoms with Crippen LogP contribution < -0.4 is 15.0 Å². The Balaban J connectivity index is 1.57. The van der Waals surface area contributed by atoms with E-state index in [4.69, 9.17) is 14.5 Å². The zero-order chi connectivity index (χ0) is 19.1. The van der Waals surface area contributed by atoms with Crippen LogP contribution in [0.1, 0.15) is 67.9 Å². The zero-order valence-corrected chi connectivity index (χ0v) is 16.9. The van der Waals surface area contributed by atoms with E-state index in [0.717, 1.165) is 46.3 Å². The van der Waals surface area contributed by atoms with Gasteiger partial charge in [0.15, 0.2) is 17.3 Å². The molecule has 3 aliphatic rings. The smallest absolute Gasteiger partial charge is 0.271 e. The molecule has 5 rings (SSSR count). The molecule has 6 nitrogen and oxygen atoms in total. The summed E-state index contributed by atoms with van der Waals surface area (Å²) in [4.78, 5) is 17.8. The van der Waals surface area contributed by atoms with E-state index >= 15 is 0 Å². The quantitative estimate of drug-likeness (QED) is 0.742. The first-order valence-electron chi connectivity index (χ1n) is 10.2. The average molecular weight is 400 g/mol. The van der Waals surface area contributed by atoms with Crippen LogP contribution in [0.3, 0.4) is 0 Å². The zero-order valence-electron chi connectivity index (χ0n) is 16.1. The number of ether oxygens (including phenoxy) is 2. The average Bonchev–Trinajstić information content (AvgIpc) is 2.88. The van der Waals surface area contributed by atoms with Gasteiger partial charge in [0.1, 0.15) is 13.2 Å². The number of H-pyrrole nitrogens is 1. The number of nitrogens with zero attached hydrogens (tertiary/aromatic N) is 2. The van der Waals surface area contributed by atoms with Crippen molar-refractivity contribution in [2.75, 3.05) is 13.2 Å². The van der Waals surface area contributed by atoms with E-state index in [1.807, 2.05) is 25.1 Å². The molecule has 1 saturated carbocycles. The molecule has 1 atom stereocenters. The van der Waals surface area contributed by atoms with Crippen LogP contribution in [0.25, 0.3) is 0 Å². The maximum atomic E-state index is 13.0. The number of thioether (sulfide) groups is 1. The van der Waals surface area contributed by atoms with Gasteiger partial charge in [0.25, 0.3) is 5.56 Å². The first-order valence-corrected chi connectivity index (χ1v) is 11.0. The number of fused-ring (bicyclic) bond motifs is 2. The van der Waals surface area contributed by atoms with E-state index in [1.54, 1.807) is 11.8 Å². The van der Waals surface area contributed by atoms with Crippen LogP contribution in [0, 0.1) is 0 Å². The van der Waals surface area contributed by atoms with Gasteiger partial charge in [-0.05, 0) is 37.5 Å². The van der Waals surface area contributed by atoms with Crippen molar-refractivity contribution in [1.82, 2.24) is 9.78 Å². The molecule has 1 aromatic heterocycles. The number of hydrogen-bond acceptors (Lipinski definition) is 5. The number of hydrogen-bond donors (Lipinski definition) is 1. The van der Waals surface area contributed by atoms with Crippen molar-refractivity contribution >= 4 is 22.6 Å². The fraction of sp³-hybridized carbons (Fsp3) is 0.524. The number of benzene rings is 1. The predicted molar refractivity (Wildman–Crippen MR) is 111 cm³/mol. The van der Waals surface area contributed by atoms with Gasteiger partial charge >= 0.3 is 0 Å². The normalized spacial score (nSPS) is 22.3. The van der Waals surface area contributed by atoms with Crippen LogP contribution in [0.2, 0.25) is 0 Å². The molecular weight excluding hydrogens is 374 g/mol. The van der Waals surface area contributed by atoms with Crippen molar-refractivity contribution in [2.24, 2.45) is 4.99 Å². The lowest BCUT2D eigenvalue weighted by Gasteiger charge is -2.25. The van der Waals surface area contributed by atoms with E-state index < -0.39 is 0 Å². The van der Waals surface area contributed by atoms with Crippen LogP contribution in [0.4, 0.5) is 5.82 Å². The Morgan fingerprint density at radius 3 is 2.64 bits per heavy atom. The van der Waals surface area contributed by atoms with Crippen LogP contribution >= 0.6 is 11.8 Å². The van der Waals surface area contributed by atoms with Gasteiger partial charge in [0, 0.05) is 0 Å². The van der Waals surface area contributed by atoms with E-state index in [1.165, 1.54) is 25.7 Å². The Morgan fingerprint density at radius 2 is 1.86 bits per heavy atom. The molecule has 0 amide bonds. The Hall–Kier alpha value is -2.15. The van der Waals surface area contributed by atoms with E-state index in [0.29, 0.717) is 19.3 Å². The topological polar surface area (TPSA) is 68.6 Å². The molecular formula is C21H25N3O3S. The lowest BCUT2D eigenvalue weighted by atomic mass is 10.0. The SMILES string of the molecule is CC1=Nc2c(c(=O)[nH]n2C2CCCCCC2)[C@H](c2ccc3c(c2)OCCO3)S1. The summed E-state index contributed by atoms with van der Waals surface area (Å²) >= 11 is 1.63. The summed E-state index contributed by atoms with van der Waals surface area (Å²) in [5, 5.41) is 4.02. The molecule has 0 bridgehead atoms. The van der Waals surface area contributed by atoms with Crippen LogP contribution in [0.5, 0.6) is 11.5 Å². The summed E-state index contributed by atoms with van der Waals surface area (Å²) in [5.41, 5.74) is 1.79. The largest absolute Gasteiger partial charge is 0.486 e. The molecule has 2 aliphatic heterocycles. The minimum Gasteiger partial charge on any atom is -0.486 e. The first kappa shape index (κ1) is 17.9. The number of aromatic nitrogens is 2. The van der Waals surface area contributed by atoms with Gasteiger partial charge in [0.05, 0.1) is 21.9 Å². The molecule has 0 unspecified atom stereocenters. The molecule has 0 saturated heterocycles. The van der Waals surface area contributed by atoms with Crippen LogP contribution in [-0.4, -0.2) is 28.0 Å². The maximum absolute atomic E-state index is 13.0. The Kier molecular flexibility index (Phi) is 4.70. The highest BCUT2D eigenvalue weighted by molar-refractivity contribution is 8.14. The molecule has 1 N–H and O–H groups in total. The van der Waals surface area contributed by atoms with Crippen LogP contribution in [-0.2, 0) is 0 Å². The number of rotatable bonds is 2. The molecule has 1 aliphatic carbocycles. The summed E-state index contributed by atoms with van der Waals surface area (Å²) in [6.45, 7) is 3.15. The van der Waals surface area contributed by atoms with Crippen molar-refractivity contribution < 1.29 is 9.47 Å². The van der Waals surface area contributed by atoms with Gasteiger partial charge < -0.3 is 9.47 Å². The molecule has 28 heavy (non-hydrogen) atoms. The van der Waals surface area contributed by atoms with Crippen molar-refractivity contribution in [2.45, 2.75) is 56.7 Å². The first-order chi connectivity index (χ1) is 13.7. The second-order valence-corrected chi connectivity index (χ2v) is 9.02. The van der Waals surface area contributed by atoms with Crippen molar-refractivity contribution in [3.8, 4) is 11.5 Å². The molecule has 2 aromatic rings. The molecule has 7 heteroatoms. The summed E-state index contributed by atoms with van der Waals surface area (Å²) in [7, 11) is 0. The highest BCUT2D eigenvalue weighted by Crippen LogP contribution is 2.46. The van der Waals surface area contributed by atoms with Crippen molar-refractivity contribution in [1.29, 1.82) is 0 Å². The Labute approximate surface area is 168 Å². The second-order valence-electron chi connectivity index (χ2n) is 7.73. The van der Waals surface area contributed by atoms with Crippen molar-refractivity contribution in [3.05, 3.63) is 39.7 Å². The molecule has 1 fully saturated rings. The number of aliphatic imine (C=N–C) groups is 1. The highest BCUT2D eigenvalue weighted by atomic mass is 32.2. The third kappa shape index (κ3) is 3.15. The standard InChI is InChI=1S/C21H25N3O3S/c1-13-22-20-18(21(25)23-24(20)15-6-4-2-3-5-7-15)19(28-13)14-8-9-16-17(12-14)27-11-10-26-16/h8-9,12,15,19H,2-7,10-11H2,1H3,(H,23,25)/t19-/m0/s1. The van der Waals surface area contributed by atoms with Gasteiger partial charge in [-0.25, -0.2) is 4.99 Å². The number of aromatic amines is 1. The molecule has 1 aromatic carbocycles. The maximum Gasteiger partial charge on any atom is 0.271 e. The minimum atomic E-state index is -0.0842. The Bertz CT molecular complexity index is 970. The summed E-state index contributed by atoms with van der Waals surface area (Å²) in [5.74, 6) is 2.34.